The molecule has 0 saturated carbocycles. The number of carbonyl (C=O) groups excluding carboxylic acids is 1. The lowest BCUT2D eigenvalue weighted by Gasteiger charge is -2.34. The van der Waals surface area contributed by atoms with Gasteiger partial charge in [0, 0.05) is 18.7 Å². The molecule has 1 aliphatic heterocycles. The Bertz CT molecular complexity index is 766. The number of nitrogens with zero attached hydrogens (tertiary/aromatic N) is 3. The molecule has 6 heteroatoms. The minimum Gasteiger partial charge on any atom is -0.480 e. The summed E-state index contributed by atoms with van der Waals surface area (Å²) in [7, 11) is 0. The molecule has 1 aliphatic rings. The Morgan fingerprint density at radius 1 is 1.26 bits per heavy atom. The molecular formula is C17H19N3O3. The fourth-order valence-electron chi connectivity index (χ4n) is 3.06. The Hall–Kier alpha value is -2.63. The lowest BCUT2D eigenvalue weighted by atomic mass is 9.94. The molecular weight excluding hydrogens is 294 g/mol. The zero-order chi connectivity index (χ0) is 16.6. The van der Waals surface area contributed by atoms with Gasteiger partial charge in [-0.3, -0.25) is 9.48 Å². The second-order valence-electron chi connectivity index (χ2n) is 5.93. The third-order valence-corrected chi connectivity index (χ3v) is 4.24. The first-order valence-corrected chi connectivity index (χ1v) is 7.56. The van der Waals surface area contributed by atoms with E-state index >= 15 is 0 Å². The van der Waals surface area contributed by atoms with Gasteiger partial charge in [-0.15, -0.1) is 0 Å². The Labute approximate surface area is 134 Å². The first kappa shape index (κ1) is 15.3. The second kappa shape index (κ2) is 5.87. The molecule has 1 atom stereocenters. The van der Waals surface area contributed by atoms with E-state index in [9.17, 15) is 14.7 Å². The Kier molecular flexibility index (Phi) is 3.90. The van der Waals surface area contributed by atoms with Crippen LogP contribution in [0.15, 0.2) is 30.3 Å². The highest BCUT2D eigenvalue weighted by molar-refractivity contribution is 5.84. The summed E-state index contributed by atoms with van der Waals surface area (Å²) >= 11 is 0. The minimum absolute atomic E-state index is 0.0611. The zero-order valence-corrected chi connectivity index (χ0v) is 13.2. The first-order chi connectivity index (χ1) is 11.0. The molecule has 3 rings (SSSR count). The molecule has 0 bridgehead atoms. The average molecular weight is 313 g/mol. The summed E-state index contributed by atoms with van der Waals surface area (Å²) in [6.45, 7) is 4.13. The number of aryl methyl sites for hydroxylation is 2. The Balaban J connectivity index is 1.86. The van der Waals surface area contributed by atoms with Crippen LogP contribution in [-0.4, -0.2) is 37.7 Å². The summed E-state index contributed by atoms with van der Waals surface area (Å²) in [6.07, 6.45) is 0.342. The van der Waals surface area contributed by atoms with Crippen LogP contribution in [0.3, 0.4) is 0 Å². The summed E-state index contributed by atoms with van der Waals surface area (Å²) in [4.78, 5) is 25.7. The summed E-state index contributed by atoms with van der Waals surface area (Å²) in [5.41, 5.74) is 3.73. The van der Waals surface area contributed by atoms with Gasteiger partial charge in [0.15, 0.2) is 0 Å². The Morgan fingerprint density at radius 2 is 1.96 bits per heavy atom. The van der Waals surface area contributed by atoms with Crippen molar-refractivity contribution in [2.45, 2.75) is 39.4 Å². The van der Waals surface area contributed by atoms with Gasteiger partial charge >= 0.3 is 5.97 Å². The second-order valence-corrected chi connectivity index (χ2v) is 5.93. The van der Waals surface area contributed by atoms with Gasteiger partial charge in [0.05, 0.1) is 5.69 Å². The topological polar surface area (TPSA) is 75.4 Å². The van der Waals surface area contributed by atoms with Crippen LogP contribution < -0.4 is 0 Å². The van der Waals surface area contributed by atoms with Crippen LogP contribution in [0.2, 0.25) is 0 Å². The van der Waals surface area contributed by atoms with Crippen LogP contribution in [0.1, 0.15) is 22.5 Å². The summed E-state index contributed by atoms with van der Waals surface area (Å²) in [5.74, 6) is -1.20. The third kappa shape index (κ3) is 2.97. The number of fused-ring (bicyclic) bond motifs is 1. The lowest BCUT2D eigenvalue weighted by Crippen LogP contribution is -2.49. The highest BCUT2D eigenvalue weighted by Crippen LogP contribution is 2.24. The van der Waals surface area contributed by atoms with Crippen molar-refractivity contribution in [2.75, 3.05) is 0 Å². The number of carboxylic acid groups (broad SMARTS) is 1. The normalized spacial score (nSPS) is 17.0. The molecule has 1 amide bonds. The quantitative estimate of drug-likeness (QED) is 0.932. The number of benzene rings is 1. The number of carboxylic acids is 1. The van der Waals surface area contributed by atoms with E-state index in [-0.39, 0.29) is 12.5 Å². The standard InChI is InChI=1S/C17H19N3O3/c1-11-7-12(2)20(18-11)10-16(21)19-9-14-6-4-3-5-13(14)8-15(19)17(22)23/h3-7,15H,8-10H2,1-2H3,(H,22,23)/t15-/m0/s1. The molecule has 0 radical (unpaired) electrons. The van der Waals surface area contributed by atoms with E-state index < -0.39 is 12.0 Å². The van der Waals surface area contributed by atoms with Gasteiger partial charge in [0.1, 0.15) is 12.6 Å². The largest absolute Gasteiger partial charge is 0.480 e. The van der Waals surface area contributed by atoms with Crippen molar-refractivity contribution in [3.05, 3.63) is 52.8 Å². The number of hydrogen-bond acceptors (Lipinski definition) is 3. The molecule has 120 valence electrons. The smallest absolute Gasteiger partial charge is 0.326 e. The van der Waals surface area contributed by atoms with Crippen molar-refractivity contribution < 1.29 is 14.7 Å². The molecule has 2 heterocycles. The van der Waals surface area contributed by atoms with Crippen LogP contribution >= 0.6 is 0 Å². The molecule has 0 unspecified atom stereocenters. The molecule has 0 aliphatic carbocycles. The van der Waals surface area contributed by atoms with Gasteiger partial charge in [0.25, 0.3) is 0 Å². The minimum atomic E-state index is -0.971. The molecule has 1 N–H and O–H groups in total. The van der Waals surface area contributed by atoms with E-state index in [0.29, 0.717) is 13.0 Å². The number of amides is 1. The SMILES string of the molecule is Cc1cc(C)n(CC(=O)N2Cc3ccccc3C[C@H]2C(=O)O)n1. The number of carbonyl (C=O) groups is 2. The van der Waals surface area contributed by atoms with Gasteiger partial charge in [-0.2, -0.15) is 5.10 Å². The Morgan fingerprint density at radius 3 is 2.57 bits per heavy atom. The van der Waals surface area contributed by atoms with Crippen molar-refractivity contribution >= 4 is 11.9 Å². The number of hydrogen-bond donors (Lipinski definition) is 1. The monoisotopic (exact) mass is 313 g/mol. The van der Waals surface area contributed by atoms with Gasteiger partial charge < -0.3 is 10.0 Å². The molecule has 0 fully saturated rings. The fourth-order valence-corrected chi connectivity index (χ4v) is 3.06. The fraction of sp³-hybridized carbons (Fsp3) is 0.353. The van der Waals surface area contributed by atoms with Crippen LogP contribution in [-0.2, 0) is 29.1 Å². The van der Waals surface area contributed by atoms with Crippen molar-refractivity contribution in [1.82, 2.24) is 14.7 Å². The van der Waals surface area contributed by atoms with E-state index in [1.54, 1.807) is 4.68 Å². The van der Waals surface area contributed by atoms with Crippen molar-refractivity contribution in [3.8, 4) is 0 Å². The average Bonchev–Trinajstić information content (AvgIpc) is 2.83. The molecule has 6 nitrogen and oxygen atoms in total. The van der Waals surface area contributed by atoms with Gasteiger partial charge in [-0.25, -0.2) is 4.79 Å². The predicted molar refractivity (Wildman–Crippen MR) is 83.8 cm³/mol. The van der Waals surface area contributed by atoms with E-state index in [2.05, 4.69) is 5.10 Å². The molecule has 1 aromatic heterocycles. The first-order valence-electron chi connectivity index (χ1n) is 7.56. The molecule has 23 heavy (non-hydrogen) atoms. The van der Waals surface area contributed by atoms with Crippen molar-refractivity contribution in [3.63, 3.8) is 0 Å². The van der Waals surface area contributed by atoms with Crippen LogP contribution in [0, 0.1) is 13.8 Å². The van der Waals surface area contributed by atoms with E-state index in [0.717, 1.165) is 22.5 Å². The molecule has 2 aromatic rings. The number of rotatable bonds is 3. The predicted octanol–water partition coefficient (Wildman–Crippen LogP) is 1.54. The number of aliphatic carboxylic acids is 1. The zero-order valence-electron chi connectivity index (χ0n) is 13.2. The van der Waals surface area contributed by atoms with E-state index in [1.165, 1.54) is 4.90 Å². The van der Waals surface area contributed by atoms with E-state index in [1.807, 2.05) is 44.2 Å². The van der Waals surface area contributed by atoms with Crippen LogP contribution in [0.5, 0.6) is 0 Å². The highest BCUT2D eigenvalue weighted by Gasteiger charge is 2.34. The van der Waals surface area contributed by atoms with Crippen molar-refractivity contribution in [1.29, 1.82) is 0 Å². The summed E-state index contributed by atoms with van der Waals surface area (Å²) < 4.78 is 1.62. The van der Waals surface area contributed by atoms with Crippen LogP contribution in [0.25, 0.3) is 0 Å². The maximum absolute atomic E-state index is 12.7. The maximum atomic E-state index is 12.7. The lowest BCUT2D eigenvalue weighted by molar-refractivity contribution is -0.151. The van der Waals surface area contributed by atoms with Gasteiger partial charge in [-0.1, -0.05) is 24.3 Å². The summed E-state index contributed by atoms with van der Waals surface area (Å²) in [5, 5.41) is 13.8. The highest BCUT2D eigenvalue weighted by atomic mass is 16.4. The molecule has 1 aromatic carbocycles. The summed E-state index contributed by atoms with van der Waals surface area (Å²) in [6, 6.07) is 8.74. The van der Waals surface area contributed by atoms with Gasteiger partial charge in [-0.05, 0) is 31.0 Å². The van der Waals surface area contributed by atoms with Crippen molar-refractivity contribution in [2.24, 2.45) is 0 Å². The molecule has 0 saturated heterocycles. The maximum Gasteiger partial charge on any atom is 0.326 e. The molecule has 0 spiro atoms. The number of aromatic nitrogens is 2. The van der Waals surface area contributed by atoms with Gasteiger partial charge in [0.2, 0.25) is 5.91 Å². The van der Waals surface area contributed by atoms with E-state index in [4.69, 9.17) is 0 Å². The van der Waals surface area contributed by atoms with Crippen LogP contribution in [0.4, 0.5) is 0 Å². The third-order valence-electron chi connectivity index (χ3n) is 4.24.